The van der Waals surface area contributed by atoms with Crippen molar-refractivity contribution in [2.75, 3.05) is 31.9 Å². The van der Waals surface area contributed by atoms with Gasteiger partial charge in [0.25, 0.3) is 5.91 Å². The lowest BCUT2D eigenvalue weighted by molar-refractivity contribution is 0.0949. The van der Waals surface area contributed by atoms with Crippen molar-refractivity contribution < 1.29 is 4.79 Å². The van der Waals surface area contributed by atoms with Gasteiger partial charge in [-0.3, -0.25) is 4.79 Å². The minimum Gasteiger partial charge on any atom is -0.398 e. The normalized spacial score (nSPS) is 10.7. The molecule has 0 aliphatic heterocycles. The molecule has 0 saturated carbocycles. The van der Waals surface area contributed by atoms with Gasteiger partial charge in [-0.1, -0.05) is 26.0 Å². The fraction of sp³-hybridized carbons (Fsp3) is 0.533. The summed E-state index contributed by atoms with van der Waals surface area (Å²) in [6.07, 6.45) is 1.13. The van der Waals surface area contributed by atoms with Crippen LogP contribution in [0.1, 0.15) is 36.2 Å². The SMILES string of the molecule is CCCN(CC)CCNC(=O)c1c(C)cccc1N. The number of carbonyl (C=O) groups excluding carboxylic acids is 1. The van der Waals surface area contributed by atoms with E-state index in [1.165, 1.54) is 0 Å². The van der Waals surface area contributed by atoms with Gasteiger partial charge >= 0.3 is 0 Å². The van der Waals surface area contributed by atoms with E-state index in [1.807, 2.05) is 19.1 Å². The first-order valence-electron chi connectivity index (χ1n) is 6.95. The van der Waals surface area contributed by atoms with E-state index < -0.39 is 0 Å². The van der Waals surface area contributed by atoms with Crippen molar-refractivity contribution in [3.63, 3.8) is 0 Å². The molecule has 0 saturated heterocycles. The molecule has 0 spiro atoms. The van der Waals surface area contributed by atoms with Crippen LogP contribution in [0.25, 0.3) is 0 Å². The summed E-state index contributed by atoms with van der Waals surface area (Å²) in [7, 11) is 0. The highest BCUT2D eigenvalue weighted by Gasteiger charge is 2.12. The number of nitrogen functional groups attached to an aromatic ring is 1. The van der Waals surface area contributed by atoms with E-state index in [1.54, 1.807) is 6.07 Å². The van der Waals surface area contributed by atoms with Gasteiger partial charge in [-0.25, -0.2) is 0 Å². The molecule has 4 nitrogen and oxygen atoms in total. The number of aryl methyl sites for hydroxylation is 1. The maximum atomic E-state index is 12.1. The largest absolute Gasteiger partial charge is 0.398 e. The molecule has 4 heteroatoms. The zero-order valence-corrected chi connectivity index (χ0v) is 12.2. The lowest BCUT2D eigenvalue weighted by Gasteiger charge is -2.19. The van der Waals surface area contributed by atoms with Crippen molar-refractivity contribution in [1.82, 2.24) is 10.2 Å². The van der Waals surface area contributed by atoms with Crippen molar-refractivity contribution in [1.29, 1.82) is 0 Å². The molecule has 0 bridgehead atoms. The number of carbonyl (C=O) groups is 1. The molecule has 1 rings (SSSR count). The number of nitrogens with one attached hydrogen (secondary N) is 1. The van der Waals surface area contributed by atoms with Crippen LogP contribution in [0.4, 0.5) is 5.69 Å². The van der Waals surface area contributed by atoms with E-state index in [0.29, 0.717) is 17.8 Å². The highest BCUT2D eigenvalue weighted by molar-refractivity contribution is 6.00. The fourth-order valence-electron chi connectivity index (χ4n) is 2.16. The molecular formula is C15H25N3O. The summed E-state index contributed by atoms with van der Waals surface area (Å²) < 4.78 is 0. The average Bonchev–Trinajstić information content (AvgIpc) is 2.37. The number of anilines is 1. The van der Waals surface area contributed by atoms with E-state index in [9.17, 15) is 4.79 Å². The predicted octanol–water partition coefficient (Wildman–Crippen LogP) is 2.04. The van der Waals surface area contributed by atoms with Crippen LogP contribution in [0.5, 0.6) is 0 Å². The summed E-state index contributed by atoms with van der Waals surface area (Å²) in [6.45, 7) is 9.81. The quantitative estimate of drug-likeness (QED) is 0.740. The van der Waals surface area contributed by atoms with Crippen LogP contribution < -0.4 is 11.1 Å². The molecule has 0 heterocycles. The third-order valence-electron chi connectivity index (χ3n) is 3.23. The molecule has 19 heavy (non-hydrogen) atoms. The van der Waals surface area contributed by atoms with E-state index >= 15 is 0 Å². The maximum absolute atomic E-state index is 12.1. The highest BCUT2D eigenvalue weighted by Crippen LogP contribution is 2.15. The highest BCUT2D eigenvalue weighted by atomic mass is 16.1. The molecule has 0 aliphatic rings. The van der Waals surface area contributed by atoms with Gasteiger partial charge < -0.3 is 16.0 Å². The second kappa shape index (κ2) is 7.79. The van der Waals surface area contributed by atoms with Crippen LogP contribution in [0.3, 0.4) is 0 Å². The predicted molar refractivity (Wildman–Crippen MR) is 80.3 cm³/mol. The molecule has 1 aromatic carbocycles. The standard InChI is InChI=1S/C15H25N3O/c1-4-10-18(5-2)11-9-17-15(19)14-12(3)7-6-8-13(14)16/h6-8H,4-5,9-11,16H2,1-3H3,(H,17,19). The van der Waals surface area contributed by atoms with Crippen molar-refractivity contribution in [2.24, 2.45) is 0 Å². The van der Waals surface area contributed by atoms with Crippen LogP contribution in [0.15, 0.2) is 18.2 Å². The maximum Gasteiger partial charge on any atom is 0.253 e. The van der Waals surface area contributed by atoms with Crippen LogP contribution >= 0.6 is 0 Å². The number of rotatable bonds is 7. The number of nitrogens with two attached hydrogens (primary N) is 1. The van der Waals surface area contributed by atoms with E-state index in [-0.39, 0.29) is 5.91 Å². The van der Waals surface area contributed by atoms with Gasteiger partial charge in [-0.05, 0) is 38.1 Å². The van der Waals surface area contributed by atoms with Gasteiger partial charge in [0.05, 0.1) is 5.56 Å². The molecule has 0 aliphatic carbocycles. The summed E-state index contributed by atoms with van der Waals surface area (Å²) in [5.41, 5.74) is 7.91. The summed E-state index contributed by atoms with van der Waals surface area (Å²) in [5.74, 6) is -0.0804. The Morgan fingerprint density at radius 3 is 2.63 bits per heavy atom. The van der Waals surface area contributed by atoms with E-state index in [2.05, 4.69) is 24.1 Å². The Kier molecular flexibility index (Phi) is 6.36. The lowest BCUT2D eigenvalue weighted by atomic mass is 10.1. The number of amides is 1. The van der Waals surface area contributed by atoms with E-state index in [0.717, 1.165) is 31.6 Å². The molecule has 1 amide bonds. The zero-order chi connectivity index (χ0) is 14.3. The van der Waals surface area contributed by atoms with Crippen LogP contribution in [-0.2, 0) is 0 Å². The average molecular weight is 263 g/mol. The first-order chi connectivity index (χ1) is 9.10. The van der Waals surface area contributed by atoms with Gasteiger partial charge in [0.15, 0.2) is 0 Å². The molecule has 0 atom stereocenters. The van der Waals surface area contributed by atoms with Gasteiger partial charge in [-0.2, -0.15) is 0 Å². The Balaban J connectivity index is 2.52. The monoisotopic (exact) mass is 263 g/mol. The van der Waals surface area contributed by atoms with Gasteiger partial charge in [0, 0.05) is 18.8 Å². The minimum atomic E-state index is -0.0804. The third kappa shape index (κ3) is 4.56. The number of hydrogen-bond acceptors (Lipinski definition) is 3. The van der Waals surface area contributed by atoms with Gasteiger partial charge in [0.1, 0.15) is 0 Å². The second-order valence-corrected chi connectivity index (χ2v) is 4.73. The second-order valence-electron chi connectivity index (χ2n) is 4.73. The fourth-order valence-corrected chi connectivity index (χ4v) is 2.16. The van der Waals surface area contributed by atoms with Crippen LogP contribution in [-0.4, -0.2) is 37.0 Å². The summed E-state index contributed by atoms with van der Waals surface area (Å²) in [6, 6.07) is 5.53. The van der Waals surface area contributed by atoms with Gasteiger partial charge in [0.2, 0.25) is 0 Å². The molecule has 0 unspecified atom stereocenters. The van der Waals surface area contributed by atoms with Crippen molar-refractivity contribution in [3.05, 3.63) is 29.3 Å². The summed E-state index contributed by atoms with van der Waals surface area (Å²) in [4.78, 5) is 14.4. The third-order valence-corrected chi connectivity index (χ3v) is 3.23. The molecular weight excluding hydrogens is 238 g/mol. The van der Waals surface area contributed by atoms with Crippen molar-refractivity contribution >= 4 is 11.6 Å². The van der Waals surface area contributed by atoms with Crippen LogP contribution in [0, 0.1) is 6.92 Å². The summed E-state index contributed by atoms with van der Waals surface area (Å²) >= 11 is 0. The van der Waals surface area contributed by atoms with Crippen LogP contribution in [0.2, 0.25) is 0 Å². The number of hydrogen-bond donors (Lipinski definition) is 2. The number of likely N-dealkylation sites (N-methyl/N-ethyl adjacent to an activating group) is 1. The topological polar surface area (TPSA) is 58.4 Å². The summed E-state index contributed by atoms with van der Waals surface area (Å²) in [5, 5.41) is 2.94. The molecule has 0 fully saturated rings. The Hall–Kier alpha value is -1.55. The Morgan fingerprint density at radius 1 is 1.32 bits per heavy atom. The molecule has 3 N–H and O–H groups in total. The Morgan fingerprint density at radius 2 is 2.05 bits per heavy atom. The Labute approximate surface area is 116 Å². The minimum absolute atomic E-state index is 0.0804. The van der Waals surface area contributed by atoms with E-state index in [4.69, 9.17) is 5.73 Å². The van der Waals surface area contributed by atoms with Gasteiger partial charge in [-0.15, -0.1) is 0 Å². The molecule has 0 aromatic heterocycles. The lowest BCUT2D eigenvalue weighted by Crippen LogP contribution is -2.35. The first-order valence-corrected chi connectivity index (χ1v) is 6.95. The first kappa shape index (κ1) is 15.5. The number of nitrogens with zero attached hydrogens (tertiary/aromatic N) is 1. The molecule has 1 aromatic rings. The zero-order valence-electron chi connectivity index (χ0n) is 12.2. The van der Waals surface area contributed by atoms with Crippen molar-refractivity contribution in [3.8, 4) is 0 Å². The smallest absolute Gasteiger partial charge is 0.253 e. The van der Waals surface area contributed by atoms with Crippen molar-refractivity contribution in [2.45, 2.75) is 27.2 Å². The molecule has 0 radical (unpaired) electrons. The number of benzene rings is 1. The molecule has 106 valence electrons. The Bertz CT molecular complexity index is 398.